The molecule has 0 N–H and O–H groups in total. The van der Waals surface area contributed by atoms with E-state index in [2.05, 4.69) is 20.9 Å². The molecule has 0 fully saturated rings. The lowest BCUT2D eigenvalue weighted by Gasteiger charge is -2.24. The second kappa shape index (κ2) is 9.77. The van der Waals surface area contributed by atoms with Gasteiger partial charge >= 0.3 is 5.97 Å². The zero-order valence-electron chi connectivity index (χ0n) is 20.4. The molecule has 0 bridgehead atoms. The molecular formula is C28H21BrN2O6S. The molecule has 1 atom stereocenters. The zero-order valence-corrected chi connectivity index (χ0v) is 22.8. The summed E-state index contributed by atoms with van der Waals surface area (Å²) >= 11 is 4.72. The van der Waals surface area contributed by atoms with E-state index in [1.165, 1.54) is 15.9 Å². The first kappa shape index (κ1) is 24.4. The number of allylic oxidation sites excluding steroid dienone is 1. The van der Waals surface area contributed by atoms with Crippen LogP contribution in [0.5, 0.6) is 11.5 Å². The summed E-state index contributed by atoms with van der Waals surface area (Å²) in [6.45, 7) is 3.81. The minimum Gasteiger partial charge on any atom is -0.463 e. The standard InChI is InChI=1S/C28H21BrN2O6S/c1-3-34-27(33)24-15(2)30-28-31(25(24)17-7-9-21-22(12-17)36-14-35-21)26(32)23(38-28)13-19-8-10-20(37-19)16-5-4-6-18(29)11-16/h4-13,25H,3,14H2,1-2H3/b23-13-/t25-/m1/s1. The summed E-state index contributed by atoms with van der Waals surface area (Å²) < 4.78 is 25.3. The van der Waals surface area contributed by atoms with Crippen molar-refractivity contribution in [2.75, 3.05) is 13.4 Å². The van der Waals surface area contributed by atoms with Gasteiger partial charge in [0.2, 0.25) is 6.79 Å². The van der Waals surface area contributed by atoms with Crippen LogP contribution in [0.1, 0.15) is 31.2 Å². The summed E-state index contributed by atoms with van der Waals surface area (Å²) in [5.41, 5.74) is 2.12. The maximum absolute atomic E-state index is 13.8. The van der Waals surface area contributed by atoms with E-state index in [1.54, 1.807) is 32.1 Å². The minimum absolute atomic E-state index is 0.117. The number of halogens is 1. The summed E-state index contributed by atoms with van der Waals surface area (Å²) in [5.74, 6) is 1.86. The summed E-state index contributed by atoms with van der Waals surface area (Å²) in [6, 6.07) is 16.1. The number of hydrogen-bond acceptors (Lipinski definition) is 8. The molecule has 0 saturated heterocycles. The Morgan fingerprint density at radius 3 is 2.84 bits per heavy atom. The van der Waals surface area contributed by atoms with Crippen molar-refractivity contribution in [2.45, 2.75) is 19.9 Å². The van der Waals surface area contributed by atoms with Crippen molar-refractivity contribution in [2.24, 2.45) is 4.99 Å². The number of esters is 1. The van der Waals surface area contributed by atoms with Gasteiger partial charge < -0.3 is 18.6 Å². The third-order valence-electron chi connectivity index (χ3n) is 6.24. The quantitative estimate of drug-likeness (QED) is 0.316. The first-order chi connectivity index (χ1) is 18.4. The third-order valence-corrected chi connectivity index (χ3v) is 7.71. The molecule has 2 aromatic heterocycles. The van der Waals surface area contributed by atoms with Crippen molar-refractivity contribution in [1.29, 1.82) is 0 Å². The molecule has 6 rings (SSSR count). The molecule has 2 aromatic carbocycles. The van der Waals surface area contributed by atoms with E-state index in [0.717, 1.165) is 10.0 Å². The van der Waals surface area contributed by atoms with Crippen LogP contribution in [0.2, 0.25) is 0 Å². The smallest absolute Gasteiger partial charge is 0.338 e. The van der Waals surface area contributed by atoms with Gasteiger partial charge in [0.25, 0.3) is 5.56 Å². The summed E-state index contributed by atoms with van der Waals surface area (Å²) in [5, 5.41) is 0. The molecule has 8 nitrogen and oxygen atoms in total. The van der Waals surface area contributed by atoms with Gasteiger partial charge in [0, 0.05) is 16.1 Å². The lowest BCUT2D eigenvalue weighted by atomic mass is 9.95. The number of rotatable bonds is 5. The highest BCUT2D eigenvalue weighted by atomic mass is 79.9. The van der Waals surface area contributed by atoms with Crippen molar-refractivity contribution < 1.29 is 23.4 Å². The monoisotopic (exact) mass is 592 g/mol. The molecule has 38 heavy (non-hydrogen) atoms. The number of nitrogens with zero attached hydrogens (tertiary/aromatic N) is 2. The van der Waals surface area contributed by atoms with E-state index < -0.39 is 12.0 Å². The average molecular weight is 593 g/mol. The van der Waals surface area contributed by atoms with Gasteiger partial charge in [0.1, 0.15) is 11.5 Å². The van der Waals surface area contributed by atoms with Gasteiger partial charge in [-0.1, -0.05) is 45.5 Å². The third kappa shape index (κ3) is 4.29. The molecule has 0 radical (unpaired) electrons. The highest BCUT2D eigenvalue weighted by Gasteiger charge is 2.34. The number of carbonyl (C=O) groups excluding carboxylic acids is 1. The van der Waals surface area contributed by atoms with Gasteiger partial charge in [-0.25, -0.2) is 9.79 Å². The second-order valence-electron chi connectivity index (χ2n) is 8.63. The molecule has 0 saturated carbocycles. The number of thiazole rings is 1. The highest BCUT2D eigenvalue weighted by Crippen LogP contribution is 2.38. The molecule has 4 aromatic rings. The van der Waals surface area contributed by atoms with Gasteiger partial charge in [-0.2, -0.15) is 0 Å². The van der Waals surface area contributed by atoms with Crippen LogP contribution in [-0.4, -0.2) is 23.9 Å². The molecule has 0 amide bonds. The van der Waals surface area contributed by atoms with Crippen LogP contribution in [0, 0.1) is 0 Å². The first-order valence-electron chi connectivity index (χ1n) is 11.9. The van der Waals surface area contributed by atoms with Crippen molar-refractivity contribution in [3.8, 4) is 22.8 Å². The molecule has 10 heteroatoms. The fourth-order valence-electron chi connectivity index (χ4n) is 4.55. The number of aromatic nitrogens is 1. The van der Waals surface area contributed by atoms with Gasteiger partial charge in [-0.05, 0) is 55.8 Å². The fourth-order valence-corrected chi connectivity index (χ4v) is 5.97. The lowest BCUT2D eigenvalue weighted by molar-refractivity contribution is -0.139. The zero-order chi connectivity index (χ0) is 26.4. The number of benzene rings is 2. The van der Waals surface area contributed by atoms with Gasteiger partial charge in [0.15, 0.2) is 16.3 Å². The maximum Gasteiger partial charge on any atom is 0.338 e. The predicted octanol–water partition coefficient (Wildman–Crippen LogP) is 4.55. The molecule has 4 heterocycles. The molecule has 0 aliphatic carbocycles. The Hall–Kier alpha value is -3.89. The number of hydrogen-bond donors (Lipinski definition) is 0. The van der Waals surface area contributed by atoms with Crippen molar-refractivity contribution >= 4 is 39.3 Å². The van der Waals surface area contributed by atoms with Crippen molar-refractivity contribution in [3.05, 3.63) is 101 Å². The van der Waals surface area contributed by atoms with Gasteiger partial charge in [-0.3, -0.25) is 9.36 Å². The number of fused-ring (bicyclic) bond motifs is 2. The Bertz CT molecular complexity index is 1800. The minimum atomic E-state index is -0.740. The van der Waals surface area contributed by atoms with Crippen LogP contribution < -0.4 is 24.4 Å². The highest BCUT2D eigenvalue weighted by molar-refractivity contribution is 9.10. The summed E-state index contributed by atoms with van der Waals surface area (Å²) in [7, 11) is 0. The molecule has 2 aliphatic rings. The lowest BCUT2D eigenvalue weighted by Crippen LogP contribution is -2.39. The van der Waals surface area contributed by atoms with E-state index in [-0.39, 0.29) is 19.0 Å². The van der Waals surface area contributed by atoms with Crippen LogP contribution in [0.4, 0.5) is 0 Å². The van der Waals surface area contributed by atoms with E-state index in [9.17, 15) is 9.59 Å². The fraction of sp³-hybridized carbons (Fsp3) is 0.179. The first-order valence-corrected chi connectivity index (χ1v) is 13.5. The molecule has 0 unspecified atom stereocenters. The van der Waals surface area contributed by atoms with Crippen LogP contribution in [-0.2, 0) is 9.53 Å². The molecule has 2 aliphatic heterocycles. The van der Waals surface area contributed by atoms with E-state index >= 15 is 0 Å². The molecular weight excluding hydrogens is 572 g/mol. The SMILES string of the molecule is CCOC(=O)C1=C(C)N=c2s/c(=C\c3ccc(-c4cccc(Br)c4)o3)c(=O)n2[C@@H]1c1ccc2c(c1)OCO2. The normalized spacial score (nSPS) is 16.4. The summed E-state index contributed by atoms with van der Waals surface area (Å²) in [4.78, 5) is 32.0. The number of furan rings is 1. The van der Waals surface area contributed by atoms with Crippen LogP contribution in [0.15, 0.2) is 84.5 Å². The summed E-state index contributed by atoms with van der Waals surface area (Å²) in [6.07, 6.45) is 1.70. The number of carbonyl (C=O) groups is 1. The van der Waals surface area contributed by atoms with Crippen LogP contribution in [0.3, 0.4) is 0 Å². The molecule has 192 valence electrons. The van der Waals surface area contributed by atoms with Crippen LogP contribution >= 0.6 is 27.3 Å². The van der Waals surface area contributed by atoms with Crippen molar-refractivity contribution in [3.63, 3.8) is 0 Å². The van der Waals surface area contributed by atoms with E-state index in [4.69, 9.17) is 18.6 Å². The second-order valence-corrected chi connectivity index (χ2v) is 10.6. The maximum atomic E-state index is 13.8. The van der Waals surface area contributed by atoms with Gasteiger partial charge in [0.05, 0.1) is 28.5 Å². The van der Waals surface area contributed by atoms with E-state index in [0.29, 0.717) is 49.2 Å². The average Bonchev–Trinajstić information content (AvgIpc) is 3.63. The Labute approximate surface area is 229 Å². The topological polar surface area (TPSA) is 92.3 Å². The predicted molar refractivity (Wildman–Crippen MR) is 145 cm³/mol. The Kier molecular flexibility index (Phi) is 6.29. The Balaban J connectivity index is 1.48. The van der Waals surface area contributed by atoms with Gasteiger partial charge in [-0.15, -0.1) is 0 Å². The van der Waals surface area contributed by atoms with Crippen molar-refractivity contribution in [1.82, 2.24) is 4.57 Å². The Morgan fingerprint density at radius 2 is 2.03 bits per heavy atom. The van der Waals surface area contributed by atoms with Crippen LogP contribution in [0.25, 0.3) is 17.4 Å². The van der Waals surface area contributed by atoms with E-state index in [1.807, 2.05) is 42.5 Å². The largest absolute Gasteiger partial charge is 0.463 e. The Morgan fingerprint density at radius 1 is 1.18 bits per heavy atom. The number of ether oxygens (including phenoxy) is 3. The molecule has 0 spiro atoms.